The van der Waals surface area contributed by atoms with Crippen molar-refractivity contribution in [1.29, 1.82) is 0 Å². The largest absolute Gasteiger partial charge is 0.447 e. The van der Waals surface area contributed by atoms with Gasteiger partial charge < -0.3 is 24.4 Å². The number of benzene rings is 3. The first-order valence-electron chi connectivity index (χ1n) is 16.3. The molecule has 0 saturated carbocycles. The summed E-state index contributed by atoms with van der Waals surface area (Å²) in [7, 11) is 0. The normalized spacial score (nSPS) is 27.0. The summed E-state index contributed by atoms with van der Waals surface area (Å²) in [4.78, 5) is 46.2. The van der Waals surface area contributed by atoms with Crippen molar-refractivity contribution in [3.05, 3.63) is 95.1 Å². The first-order valence-corrected chi connectivity index (χ1v) is 16.3. The first kappa shape index (κ1) is 31.3. The van der Waals surface area contributed by atoms with E-state index >= 15 is 4.39 Å². The van der Waals surface area contributed by atoms with Gasteiger partial charge in [0.25, 0.3) is 5.91 Å². The lowest BCUT2D eigenvalue weighted by Crippen LogP contribution is -2.48. The van der Waals surface area contributed by atoms with Gasteiger partial charge in [-0.05, 0) is 55.2 Å². The van der Waals surface area contributed by atoms with Crippen molar-refractivity contribution in [1.82, 2.24) is 4.90 Å². The molecule has 3 aromatic rings. The molecule has 4 heterocycles. The molecule has 2 fully saturated rings. The molecule has 10 heteroatoms. The Balaban J connectivity index is 1.28. The predicted octanol–water partition coefficient (Wildman–Crippen LogP) is 5.12. The molecule has 246 valence electrons. The fourth-order valence-corrected chi connectivity index (χ4v) is 8.29. The van der Waals surface area contributed by atoms with Crippen molar-refractivity contribution in [2.75, 3.05) is 29.6 Å². The van der Waals surface area contributed by atoms with Crippen LogP contribution in [0.2, 0.25) is 0 Å². The molecule has 4 aliphatic heterocycles. The Bertz CT molecular complexity index is 1710. The number of halogens is 1. The summed E-state index contributed by atoms with van der Waals surface area (Å²) in [6.07, 6.45) is -1.03. The van der Waals surface area contributed by atoms with Crippen molar-refractivity contribution in [3.63, 3.8) is 0 Å². The lowest BCUT2D eigenvalue weighted by Gasteiger charge is -2.37. The maximum absolute atomic E-state index is 16.3. The summed E-state index contributed by atoms with van der Waals surface area (Å²) >= 11 is 0. The average Bonchev–Trinajstić information content (AvgIpc) is 3.69. The lowest BCUT2D eigenvalue weighted by atomic mass is 9.71. The number of carbonyl (C=O) groups is 3. The Morgan fingerprint density at radius 3 is 2.45 bits per heavy atom. The third-order valence-electron chi connectivity index (χ3n) is 10.5. The second-order valence-corrected chi connectivity index (χ2v) is 13.7. The van der Waals surface area contributed by atoms with Crippen LogP contribution in [0.3, 0.4) is 0 Å². The highest BCUT2D eigenvalue weighted by molar-refractivity contribution is 6.08. The Morgan fingerprint density at radius 1 is 1.04 bits per heavy atom. The lowest BCUT2D eigenvalue weighted by molar-refractivity contribution is -0.151. The van der Waals surface area contributed by atoms with E-state index in [9.17, 15) is 19.5 Å². The number of anilines is 2. The molecule has 0 bridgehead atoms. The quantitative estimate of drug-likeness (QED) is 0.385. The van der Waals surface area contributed by atoms with E-state index in [0.717, 1.165) is 16.7 Å². The molecule has 7 rings (SSSR count). The Kier molecular flexibility index (Phi) is 7.83. The third-order valence-corrected chi connectivity index (χ3v) is 10.5. The number of ether oxygens (including phenoxy) is 2. The van der Waals surface area contributed by atoms with Gasteiger partial charge in [0.05, 0.1) is 44.0 Å². The Morgan fingerprint density at radius 2 is 1.77 bits per heavy atom. The summed E-state index contributed by atoms with van der Waals surface area (Å²) in [5, 5.41) is 10.2. The number of carbonyl (C=O) groups excluding carboxylic acids is 3. The molecule has 47 heavy (non-hydrogen) atoms. The summed E-state index contributed by atoms with van der Waals surface area (Å²) < 4.78 is 28.4. The predicted molar refractivity (Wildman–Crippen MR) is 173 cm³/mol. The molecular formula is C37H40FN3O6. The van der Waals surface area contributed by atoms with Crippen LogP contribution in [0.1, 0.15) is 49.4 Å². The fourth-order valence-electron chi connectivity index (χ4n) is 8.29. The van der Waals surface area contributed by atoms with Gasteiger partial charge in [0, 0.05) is 29.6 Å². The van der Waals surface area contributed by atoms with Crippen LogP contribution in [0.5, 0.6) is 0 Å². The van der Waals surface area contributed by atoms with Crippen LogP contribution >= 0.6 is 0 Å². The number of aliphatic hydroxyl groups excluding tert-OH is 1. The van der Waals surface area contributed by atoms with Crippen LogP contribution < -0.4 is 9.80 Å². The summed E-state index contributed by atoms with van der Waals surface area (Å²) in [6.45, 7) is 5.80. The minimum absolute atomic E-state index is 0.151. The molecule has 3 aromatic carbocycles. The van der Waals surface area contributed by atoms with Gasteiger partial charge in [0.1, 0.15) is 12.3 Å². The average molecular weight is 642 g/mol. The molecule has 4 aliphatic rings. The Hall–Kier alpha value is -4.28. The molecule has 0 radical (unpaired) electrons. The number of nitrogens with zero attached hydrogens (tertiary/aromatic N) is 3. The van der Waals surface area contributed by atoms with E-state index in [1.807, 2.05) is 67.6 Å². The van der Waals surface area contributed by atoms with Gasteiger partial charge in [-0.15, -0.1) is 0 Å². The van der Waals surface area contributed by atoms with Crippen molar-refractivity contribution < 1.29 is 33.4 Å². The van der Waals surface area contributed by atoms with E-state index in [-0.39, 0.29) is 38.0 Å². The van der Waals surface area contributed by atoms with Gasteiger partial charge in [-0.25, -0.2) is 9.18 Å². The smallest absolute Gasteiger partial charge is 0.414 e. The van der Waals surface area contributed by atoms with Gasteiger partial charge in [0.2, 0.25) is 5.91 Å². The Labute approximate surface area is 273 Å². The fraction of sp³-hybridized carbons (Fsp3) is 0.432. The molecule has 2 saturated heterocycles. The van der Waals surface area contributed by atoms with Crippen molar-refractivity contribution in [2.24, 2.45) is 11.8 Å². The minimum atomic E-state index is -1.80. The van der Waals surface area contributed by atoms with E-state index < -0.39 is 41.3 Å². The molecule has 0 aromatic heterocycles. The van der Waals surface area contributed by atoms with Crippen LogP contribution in [-0.4, -0.2) is 65.5 Å². The number of amides is 3. The highest BCUT2D eigenvalue weighted by atomic mass is 19.1. The summed E-state index contributed by atoms with van der Waals surface area (Å²) in [6, 6.07) is 22.4. The minimum Gasteiger partial charge on any atom is -0.447 e. The number of alkyl halides is 1. The van der Waals surface area contributed by atoms with Crippen LogP contribution in [-0.2, 0) is 44.2 Å². The standard InChI is InChI=1S/C37H40FN3O6/c1-23-33(36(2,3)38)31(19-32(43)40-21-26-12-8-7-11-25(26)17-28(40)22-42)47-37(23)29-18-27(39-15-16-46-35(39)45)13-14-30(29)41(34(37)44)20-24-9-5-4-6-10-24/h4-14,18,23,28,31,33,42H,15-17,19-22H2,1-3H3/t23-,28+,31+,33-,37+/m1/s1. The van der Waals surface area contributed by atoms with Crippen LogP contribution in [0, 0.1) is 11.8 Å². The molecule has 5 atom stereocenters. The van der Waals surface area contributed by atoms with E-state index in [1.54, 1.807) is 21.9 Å². The number of aliphatic hydroxyl groups is 1. The number of hydrogen-bond acceptors (Lipinski definition) is 6. The molecule has 0 aliphatic carbocycles. The zero-order chi connectivity index (χ0) is 33.1. The second-order valence-electron chi connectivity index (χ2n) is 13.7. The molecule has 1 spiro atoms. The molecular weight excluding hydrogens is 601 g/mol. The van der Waals surface area contributed by atoms with Crippen LogP contribution in [0.25, 0.3) is 0 Å². The van der Waals surface area contributed by atoms with Crippen LogP contribution in [0.15, 0.2) is 72.8 Å². The third kappa shape index (κ3) is 5.18. The van der Waals surface area contributed by atoms with E-state index in [1.165, 1.54) is 18.7 Å². The molecule has 3 amide bonds. The van der Waals surface area contributed by atoms with Gasteiger partial charge in [-0.2, -0.15) is 0 Å². The van der Waals surface area contributed by atoms with E-state index in [0.29, 0.717) is 36.4 Å². The highest BCUT2D eigenvalue weighted by Gasteiger charge is 2.66. The zero-order valence-electron chi connectivity index (χ0n) is 26.9. The SMILES string of the molecule is C[C@@H]1[C@@H](C(C)(C)F)[C@H](CC(=O)N2Cc3ccccc3C[C@H]2CO)O[C@@]12C(=O)N(Cc1ccccc1)c1ccc(N3CCOC3=O)cc12. The maximum atomic E-state index is 16.3. The first-order chi connectivity index (χ1) is 22.5. The second kappa shape index (κ2) is 11.8. The van der Waals surface area contributed by atoms with Gasteiger partial charge in [-0.1, -0.05) is 61.5 Å². The molecule has 9 nitrogen and oxygen atoms in total. The van der Waals surface area contributed by atoms with Crippen molar-refractivity contribution in [2.45, 2.75) is 70.1 Å². The molecule has 0 unspecified atom stereocenters. The highest BCUT2D eigenvalue weighted by Crippen LogP contribution is 2.59. The maximum Gasteiger partial charge on any atom is 0.414 e. The topological polar surface area (TPSA) is 99.6 Å². The van der Waals surface area contributed by atoms with Crippen molar-refractivity contribution in [3.8, 4) is 0 Å². The monoisotopic (exact) mass is 641 g/mol. The number of rotatable bonds is 7. The summed E-state index contributed by atoms with van der Waals surface area (Å²) in [5.41, 5.74) is 1.35. The van der Waals surface area contributed by atoms with Crippen LogP contribution in [0.4, 0.5) is 20.6 Å². The molecule has 1 N–H and O–H groups in total. The zero-order valence-corrected chi connectivity index (χ0v) is 26.9. The van der Waals surface area contributed by atoms with E-state index in [2.05, 4.69) is 0 Å². The number of cyclic esters (lactones) is 1. The number of hydrogen-bond donors (Lipinski definition) is 1. The van der Waals surface area contributed by atoms with Gasteiger partial charge >= 0.3 is 6.09 Å². The van der Waals surface area contributed by atoms with Gasteiger partial charge in [0.15, 0.2) is 5.60 Å². The van der Waals surface area contributed by atoms with Gasteiger partial charge in [-0.3, -0.25) is 14.5 Å². The number of fused-ring (bicyclic) bond motifs is 3. The summed E-state index contributed by atoms with van der Waals surface area (Å²) in [5.74, 6) is -2.06. The van der Waals surface area contributed by atoms with E-state index in [4.69, 9.17) is 9.47 Å². The van der Waals surface area contributed by atoms with Crippen molar-refractivity contribution >= 4 is 29.3 Å².